The predicted octanol–water partition coefficient (Wildman–Crippen LogP) is 1.58. The van der Waals surface area contributed by atoms with Crippen LogP contribution in [0, 0.1) is 5.92 Å². The fourth-order valence-electron chi connectivity index (χ4n) is 2.60. The summed E-state index contributed by atoms with van der Waals surface area (Å²) in [5.74, 6) is 1.24. The number of halogens is 1. The molecule has 0 bridgehead atoms. The molecule has 1 aliphatic rings. The van der Waals surface area contributed by atoms with Crippen LogP contribution in [-0.2, 0) is 6.54 Å². The molecule has 3 heterocycles. The molecule has 2 aromatic rings. The van der Waals surface area contributed by atoms with Gasteiger partial charge >= 0.3 is 0 Å². The summed E-state index contributed by atoms with van der Waals surface area (Å²) in [5.41, 5.74) is 6.79. The van der Waals surface area contributed by atoms with Crippen molar-refractivity contribution in [3.8, 4) is 0 Å². The first kappa shape index (κ1) is 15.4. The predicted molar refractivity (Wildman–Crippen MR) is 84.5 cm³/mol. The summed E-state index contributed by atoms with van der Waals surface area (Å²) in [5, 5.41) is 1.90. The van der Waals surface area contributed by atoms with Crippen molar-refractivity contribution in [2.24, 2.45) is 11.7 Å². The zero-order chi connectivity index (χ0) is 13.4. The number of rotatable bonds is 2. The van der Waals surface area contributed by atoms with E-state index in [9.17, 15) is 4.79 Å². The molecule has 5 nitrogen and oxygen atoms in total. The van der Waals surface area contributed by atoms with E-state index in [4.69, 9.17) is 5.73 Å². The van der Waals surface area contributed by atoms with Gasteiger partial charge in [-0.1, -0.05) is 6.92 Å². The molecule has 1 fully saturated rings. The molecule has 7 heteroatoms. The molecule has 110 valence electrons. The van der Waals surface area contributed by atoms with Crippen molar-refractivity contribution in [1.29, 1.82) is 0 Å². The first-order chi connectivity index (χ1) is 9.13. The van der Waals surface area contributed by atoms with Crippen molar-refractivity contribution < 1.29 is 0 Å². The van der Waals surface area contributed by atoms with E-state index in [1.807, 2.05) is 11.4 Å². The Balaban J connectivity index is 0.00000147. The number of nitrogens with two attached hydrogens (primary N) is 1. The van der Waals surface area contributed by atoms with E-state index >= 15 is 0 Å². The second-order valence-electron chi connectivity index (χ2n) is 5.31. The number of nitrogens with one attached hydrogen (secondary N) is 1. The van der Waals surface area contributed by atoms with Gasteiger partial charge in [0.05, 0.1) is 12.1 Å². The van der Waals surface area contributed by atoms with Crippen molar-refractivity contribution in [3.05, 3.63) is 27.6 Å². The number of piperidine rings is 1. The molecule has 2 unspecified atom stereocenters. The van der Waals surface area contributed by atoms with E-state index in [1.54, 1.807) is 0 Å². The quantitative estimate of drug-likeness (QED) is 0.882. The number of fused-ring (bicyclic) bond motifs is 1. The highest BCUT2D eigenvalue weighted by Crippen LogP contribution is 2.17. The van der Waals surface area contributed by atoms with Gasteiger partial charge in [0.2, 0.25) is 0 Å². The average Bonchev–Trinajstić information content (AvgIpc) is 2.82. The normalized spacial score (nSPS) is 23.7. The lowest BCUT2D eigenvalue weighted by atomic mass is 9.95. The zero-order valence-corrected chi connectivity index (χ0v) is 13.0. The smallest absolute Gasteiger partial charge is 0.268 e. The van der Waals surface area contributed by atoms with Crippen molar-refractivity contribution in [1.82, 2.24) is 14.9 Å². The molecule has 2 atom stereocenters. The SMILES string of the molecule is CC1CN(Cc2nc3ccsc3c(=O)[nH]2)CCC1N.Cl. The van der Waals surface area contributed by atoms with Crippen LogP contribution in [0.4, 0.5) is 0 Å². The zero-order valence-electron chi connectivity index (χ0n) is 11.3. The second kappa shape index (κ2) is 6.22. The molecule has 1 aliphatic heterocycles. The van der Waals surface area contributed by atoms with E-state index in [2.05, 4.69) is 21.8 Å². The first-order valence-electron chi connectivity index (χ1n) is 6.58. The van der Waals surface area contributed by atoms with Crippen molar-refractivity contribution in [3.63, 3.8) is 0 Å². The number of aromatic amines is 1. The molecule has 2 aromatic heterocycles. The van der Waals surface area contributed by atoms with E-state index < -0.39 is 0 Å². The summed E-state index contributed by atoms with van der Waals surface area (Å²) in [7, 11) is 0. The third kappa shape index (κ3) is 3.03. The molecule has 0 saturated carbocycles. The van der Waals surface area contributed by atoms with E-state index in [1.165, 1.54) is 11.3 Å². The summed E-state index contributed by atoms with van der Waals surface area (Å²) >= 11 is 1.43. The van der Waals surface area contributed by atoms with Gasteiger partial charge in [0, 0.05) is 19.1 Å². The lowest BCUT2D eigenvalue weighted by Crippen LogP contribution is -2.45. The molecule has 0 radical (unpaired) electrons. The van der Waals surface area contributed by atoms with E-state index in [-0.39, 0.29) is 18.0 Å². The average molecular weight is 315 g/mol. The van der Waals surface area contributed by atoms with Gasteiger partial charge < -0.3 is 10.7 Å². The Morgan fingerprint density at radius 3 is 3.15 bits per heavy atom. The van der Waals surface area contributed by atoms with Crippen LogP contribution in [0.1, 0.15) is 19.2 Å². The Labute approximate surface area is 127 Å². The topological polar surface area (TPSA) is 75.0 Å². The highest BCUT2D eigenvalue weighted by atomic mass is 35.5. The lowest BCUT2D eigenvalue weighted by molar-refractivity contribution is 0.154. The lowest BCUT2D eigenvalue weighted by Gasteiger charge is -2.34. The van der Waals surface area contributed by atoms with Gasteiger partial charge in [0.25, 0.3) is 5.56 Å². The highest BCUT2D eigenvalue weighted by molar-refractivity contribution is 7.17. The van der Waals surface area contributed by atoms with Gasteiger partial charge in [-0.05, 0) is 23.8 Å². The second-order valence-corrected chi connectivity index (χ2v) is 6.23. The summed E-state index contributed by atoms with van der Waals surface area (Å²) in [6.45, 7) is 4.80. The van der Waals surface area contributed by atoms with E-state index in [0.29, 0.717) is 23.2 Å². The van der Waals surface area contributed by atoms with Crippen LogP contribution < -0.4 is 11.3 Å². The van der Waals surface area contributed by atoms with Crippen LogP contribution in [0.25, 0.3) is 10.2 Å². The maximum absolute atomic E-state index is 11.9. The van der Waals surface area contributed by atoms with Crippen molar-refractivity contribution in [2.45, 2.75) is 25.9 Å². The molecule has 20 heavy (non-hydrogen) atoms. The molecule has 0 aromatic carbocycles. The van der Waals surface area contributed by atoms with Gasteiger partial charge in [0.1, 0.15) is 10.5 Å². The highest BCUT2D eigenvalue weighted by Gasteiger charge is 2.23. The summed E-state index contributed by atoms with van der Waals surface area (Å²) in [6.07, 6.45) is 1.01. The van der Waals surface area contributed by atoms with Gasteiger partial charge in [-0.25, -0.2) is 4.98 Å². The number of thiophene rings is 1. The summed E-state index contributed by atoms with van der Waals surface area (Å²) in [6, 6.07) is 2.19. The van der Waals surface area contributed by atoms with Crippen molar-refractivity contribution >= 4 is 34.0 Å². The Morgan fingerprint density at radius 2 is 2.40 bits per heavy atom. The Kier molecular flexibility index (Phi) is 4.80. The summed E-state index contributed by atoms with van der Waals surface area (Å²) in [4.78, 5) is 21.6. The van der Waals surface area contributed by atoms with E-state index in [0.717, 1.165) is 30.9 Å². The molecule has 0 amide bonds. The van der Waals surface area contributed by atoms with Crippen LogP contribution in [0.15, 0.2) is 16.2 Å². The van der Waals surface area contributed by atoms with Crippen LogP contribution in [-0.4, -0.2) is 34.0 Å². The third-order valence-corrected chi connectivity index (χ3v) is 4.70. The molecule has 0 spiro atoms. The standard InChI is InChI=1S/C13H18N4OS.ClH/c1-8-6-17(4-2-9(8)14)7-11-15-10-3-5-19-12(10)13(18)16-11;/h3,5,8-9H,2,4,6-7,14H2,1H3,(H,15,16,18);1H. The van der Waals surface area contributed by atoms with Crippen LogP contribution >= 0.6 is 23.7 Å². The number of hydrogen-bond donors (Lipinski definition) is 2. The minimum atomic E-state index is -0.0308. The number of nitrogens with zero attached hydrogens (tertiary/aromatic N) is 2. The Morgan fingerprint density at radius 1 is 1.60 bits per heavy atom. The molecular formula is C13H19ClN4OS. The third-order valence-electron chi connectivity index (χ3n) is 3.79. The molecule has 1 saturated heterocycles. The Bertz CT molecular complexity index is 641. The number of H-pyrrole nitrogens is 1. The molecule has 3 N–H and O–H groups in total. The number of hydrogen-bond acceptors (Lipinski definition) is 5. The molecule has 0 aliphatic carbocycles. The maximum Gasteiger partial charge on any atom is 0.268 e. The Hall–Kier alpha value is -0.950. The van der Waals surface area contributed by atoms with Crippen LogP contribution in [0.5, 0.6) is 0 Å². The molecule has 3 rings (SSSR count). The maximum atomic E-state index is 11.9. The van der Waals surface area contributed by atoms with Crippen molar-refractivity contribution in [2.75, 3.05) is 13.1 Å². The van der Waals surface area contributed by atoms with Gasteiger partial charge in [-0.2, -0.15) is 0 Å². The minimum absolute atomic E-state index is 0. The van der Waals surface area contributed by atoms with Gasteiger partial charge in [-0.15, -0.1) is 23.7 Å². The minimum Gasteiger partial charge on any atom is -0.327 e. The summed E-state index contributed by atoms with van der Waals surface area (Å²) < 4.78 is 0.706. The van der Waals surface area contributed by atoms with Crippen LogP contribution in [0.3, 0.4) is 0 Å². The van der Waals surface area contributed by atoms with Gasteiger partial charge in [-0.3, -0.25) is 9.69 Å². The molecular weight excluding hydrogens is 296 g/mol. The number of aromatic nitrogens is 2. The van der Waals surface area contributed by atoms with Gasteiger partial charge in [0.15, 0.2) is 0 Å². The fourth-order valence-corrected chi connectivity index (χ4v) is 3.33. The van der Waals surface area contributed by atoms with Crippen LogP contribution in [0.2, 0.25) is 0 Å². The largest absolute Gasteiger partial charge is 0.327 e. The first-order valence-corrected chi connectivity index (χ1v) is 7.46. The number of likely N-dealkylation sites (tertiary alicyclic amines) is 1. The monoisotopic (exact) mass is 314 g/mol. The fraction of sp³-hybridized carbons (Fsp3) is 0.538.